The number of carbonyl (C=O) groups excluding carboxylic acids is 2. The average Bonchev–Trinajstić information content (AvgIpc) is 3.06. The van der Waals surface area contributed by atoms with E-state index in [2.05, 4.69) is 13.2 Å². The van der Waals surface area contributed by atoms with E-state index in [1.165, 1.54) is 12.2 Å². The monoisotopic (exact) mass is 612 g/mol. The fourth-order valence-corrected chi connectivity index (χ4v) is 4.74. The van der Waals surface area contributed by atoms with E-state index >= 15 is 0 Å². The molecule has 6 heteroatoms. The number of aryl methyl sites for hydroxylation is 2. The topological polar surface area (TPSA) is 71.1 Å². The molecule has 0 aliphatic carbocycles. The number of ether oxygens (including phenoxy) is 4. The third-order valence-electron chi connectivity index (χ3n) is 7.19. The van der Waals surface area contributed by atoms with Crippen LogP contribution in [-0.2, 0) is 0 Å². The molecule has 5 rings (SSSR count). The summed E-state index contributed by atoms with van der Waals surface area (Å²) in [6, 6.07) is 25.9. The van der Waals surface area contributed by atoms with E-state index in [1.807, 2.05) is 74.5 Å². The minimum Gasteiger partial charge on any atom is -0.489 e. The largest absolute Gasteiger partial charge is 0.489 e. The van der Waals surface area contributed by atoms with Gasteiger partial charge in [0.05, 0.1) is 11.1 Å². The van der Waals surface area contributed by atoms with E-state index in [1.54, 1.807) is 36.4 Å². The van der Waals surface area contributed by atoms with Gasteiger partial charge in [0.2, 0.25) is 0 Å². The SMILES string of the molecule is C=C1COc2ccccc2/C=C\C(=O)c2cc(C)ccc2OCC(=C)COc2ccc(C)cc2C(=O)/C=C\c2ccccc2OC1. The van der Waals surface area contributed by atoms with Crippen LogP contribution in [0.15, 0.2) is 121 Å². The van der Waals surface area contributed by atoms with Crippen LogP contribution in [0.5, 0.6) is 23.0 Å². The van der Waals surface area contributed by atoms with Crippen molar-refractivity contribution in [2.45, 2.75) is 13.8 Å². The van der Waals surface area contributed by atoms with Crippen molar-refractivity contribution >= 4 is 23.7 Å². The smallest absolute Gasteiger partial charge is 0.189 e. The van der Waals surface area contributed by atoms with Gasteiger partial charge < -0.3 is 18.9 Å². The lowest BCUT2D eigenvalue weighted by Gasteiger charge is -2.15. The molecule has 0 saturated carbocycles. The van der Waals surface area contributed by atoms with Crippen molar-refractivity contribution in [1.29, 1.82) is 0 Å². The van der Waals surface area contributed by atoms with E-state index < -0.39 is 0 Å². The molecule has 0 radical (unpaired) electrons. The maximum atomic E-state index is 13.4. The molecule has 0 N–H and O–H groups in total. The number of para-hydroxylation sites is 2. The van der Waals surface area contributed by atoms with Gasteiger partial charge in [-0.15, -0.1) is 0 Å². The number of hydrogen-bond acceptors (Lipinski definition) is 6. The molecule has 0 amide bonds. The molecule has 6 nitrogen and oxygen atoms in total. The van der Waals surface area contributed by atoms with Crippen LogP contribution < -0.4 is 18.9 Å². The van der Waals surface area contributed by atoms with E-state index in [0.717, 1.165) is 22.3 Å². The Hall–Kier alpha value is -5.62. The first-order chi connectivity index (χ1) is 22.3. The summed E-state index contributed by atoms with van der Waals surface area (Å²) in [6.45, 7) is 12.7. The van der Waals surface area contributed by atoms with Crippen LogP contribution in [0.25, 0.3) is 12.2 Å². The summed E-state index contributed by atoms with van der Waals surface area (Å²) < 4.78 is 24.2. The maximum Gasteiger partial charge on any atom is 0.189 e. The van der Waals surface area contributed by atoms with Gasteiger partial charge in [0.25, 0.3) is 0 Å². The standard InChI is InChI=1S/C40H36O6/c1-27-13-19-39-33(21-27)35(41)17-15-31-9-5-7-11-37(31)43-23-29(3)24-44-38-12-8-6-10-32(38)16-18-36(42)34-22-28(2)14-20-40(34)46-26-30(4)25-45-39/h5-22H,3-4,23-26H2,1-2H3/b17-15-,18-16-. The zero-order valence-electron chi connectivity index (χ0n) is 26.1. The van der Waals surface area contributed by atoms with Crippen LogP contribution in [0.1, 0.15) is 43.0 Å². The summed E-state index contributed by atoms with van der Waals surface area (Å²) in [7, 11) is 0. The molecule has 0 bridgehead atoms. The van der Waals surface area contributed by atoms with Crippen molar-refractivity contribution in [2.24, 2.45) is 0 Å². The third kappa shape index (κ3) is 8.30. The lowest BCUT2D eigenvalue weighted by atomic mass is 10.0. The van der Waals surface area contributed by atoms with Crippen LogP contribution in [0.4, 0.5) is 0 Å². The number of hydrogen-bond donors (Lipinski definition) is 0. The summed E-state index contributed by atoms with van der Waals surface area (Å²) in [5, 5.41) is 0. The molecule has 0 spiro atoms. The van der Waals surface area contributed by atoms with E-state index in [0.29, 0.717) is 45.3 Å². The predicted molar refractivity (Wildman–Crippen MR) is 182 cm³/mol. The molecule has 1 aliphatic heterocycles. The Morgan fingerprint density at radius 2 is 0.848 bits per heavy atom. The Labute approximate surface area is 269 Å². The molecule has 232 valence electrons. The first-order valence-electron chi connectivity index (χ1n) is 15.0. The summed E-state index contributed by atoms with van der Waals surface area (Å²) in [5.41, 5.74) is 5.56. The zero-order chi connectivity index (χ0) is 32.5. The van der Waals surface area contributed by atoms with Crippen molar-refractivity contribution < 1.29 is 28.5 Å². The van der Waals surface area contributed by atoms with Crippen molar-refractivity contribution in [3.8, 4) is 23.0 Å². The molecule has 4 aromatic carbocycles. The van der Waals surface area contributed by atoms with Crippen molar-refractivity contribution in [3.63, 3.8) is 0 Å². The summed E-state index contributed by atoms with van der Waals surface area (Å²) in [5.74, 6) is 1.67. The second kappa shape index (κ2) is 14.9. The molecule has 0 unspecified atom stereocenters. The van der Waals surface area contributed by atoms with Crippen LogP contribution in [-0.4, -0.2) is 38.0 Å². The highest BCUT2D eigenvalue weighted by Gasteiger charge is 2.15. The number of fused-ring (bicyclic) bond motifs is 4. The molecule has 0 saturated heterocycles. The fraction of sp³-hybridized carbons (Fsp3) is 0.150. The fourth-order valence-electron chi connectivity index (χ4n) is 4.74. The minimum absolute atomic E-state index is 0.124. The van der Waals surface area contributed by atoms with Gasteiger partial charge in [0.15, 0.2) is 11.6 Å². The molecule has 1 aliphatic rings. The van der Waals surface area contributed by atoms with E-state index in [9.17, 15) is 9.59 Å². The lowest BCUT2D eigenvalue weighted by Crippen LogP contribution is -2.12. The van der Waals surface area contributed by atoms with Crippen LogP contribution in [0.2, 0.25) is 0 Å². The molecule has 0 fully saturated rings. The van der Waals surface area contributed by atoms with Gasteiger partial charge in [-0.3, -0.25) is 9.59 Å². The number of rotatable bonds is 0. The zero-order valence-corrected chi connectivity index (χ0v) is 26.1. The highest BCUT2D eigenvalue weighted by atomic mass is 16.5. The molecular formula is C40H36O6. The maximum absolute atomic E-state index is 13.4. The number of allylic oxidation sites excluding steroid dienone is 2. The first-order valence-corrected chi connectivity index (χ1v) is 15.0. The molecule has 4 aromatic rings. The minimum atomic E-state index is -0.211. The molecule has 46 heavy (non-hydrogen) atoms. The van der Waals surface area contributed by atoms with Gasteiger partial charge in [-0.05, 0) is 85.7 Å². The number of carbonyl (C=O) groups is 2. The number of ketones is 2. The van der Waals surface area contributed by atoms with Crippen LogP contribution >= 0.6 is 0 Å². The lowest BCUT2D eigenvalue weighted by molar-refractivity contribution is 0.103. The second-order valence-electron chi connectivity index (χ2n) is 11.1. The second-order valence-corrected chi connectivity index (χ2v) is 11.1. The summed E-state index contributed by atoms with van der Waals surface area (Å²) in [4.78, 5) is 26.8. The van der Waals surface area contributed by atoms with E-state index in [4.69, 9.17) is 18.9 Å². The summed E-state index contributed by atoms with van der Waals surface area (Å²) >= 11 is 0. The Morgan fingerprint density at radius 3 is 1.26 bits per heavy atom. The highest BCUT2D eigenvalue weighted by molar-refractivity contribution is 6.09. The van der Waals surface area contributed by atoms with E-state index in [-0.39, 0.29) is 38.0 Å². The van der Waals surface area contributed by atoms with Gasteiger partial charge in [-0.25, -0.2) is 0 Å². The normalized spacial score (nSPS) is 16.0. The molecule has 1 heterocycles. The van der Waals surface area contributed by atoms with Crippen molar-refractivity contribution in [1.82, 2.24) is 0 Å². The third-order valence-corrected chi connectivity index (χ3v) is 7.19. The summed E-state index contributed by atoms with van der Waals surface area (Å²) in [6.07, 6.45) is 6.49. The number of benzene rings is 4. The van der Waals surface area contributed by atoms with Gasteiger partial charge in [-0.2, -0.15) is 0 Å². The van der Waals surface area contributed by atoms with Gasteiger partial charge in [-0.1, -0.05) is 72.8 Å². The van der Waals surface area contributed by atoms with Crippen LogP contribution in [0, 0.1) is 13.8 Å². The first kappa shape index (κ1) is 31.8. The quantitative estimate of drug-likeness (QED) is 0.186. The van der Waals surface area contributed by atoms with Gasteiger partial charge in [0.1, 0.15) is 49.4 Å². The van der Waals surface area contributed by atoms with Crippen LogP contribution in [0.3, 0.4) is 0 Å². The molecule has 0 aromatic heterocycles. The Kier molecular flexibility index (Phi) is 10.3. The Bertz CT molecular complexity index is 1710. The Balaban J connectivity index is 1.46. The van der Waals surface area contributed by atoms with Crippen molar-refractivity contribution in [3.05, 3.63) is 155 Å². The van der Waals surface area contributed by atoms with Gasteiger partial charge >= 0.3 is 0 Å². The van der Waals surface area contributed by atoms with Gasteiger partial charge in [0, 0.05) is 11.1 Å². The Morgan fingerprint density at radius 1 is 0.478 bits per heavy atom. The van der Waals surface area contributed by atoms with Crippen molar-refractivity contribution in [2.75, 3.05) is 26.4 Å². The molecule has 0 atom stereocenters. The average molecular weight is 613 g/mol. The predicted octanol–water partition coefficient (Wildman–Crippen LogP) is 8.44. The highest BCUT2D eigenvalue weighted by Crippen LogP contribution is 2.27. The molecular weight excluding hydrogens is 576 g/mol.